The van der Waals surface area contributed by atoms with E-state index in [2.05, 4.69) is 25.8 Å². The van der Waals surface area contributed by atoms with Crippen LogP contribution in [0, 0.1) is 5.92 Å². The van der Waals surface area contributed by atoms with Crippen LogP contribution in [0.3, 0.4) is 0 Å². The summed E-state index contributed by atoms with van der Waals surface area (Å²) in [5, 5.41) is 10.2. The number of nitrogens with zero attached hydrogens (tertiary/aromatic N) is 4. The molecule has 2 aromatic heterocycles. The summed E-state index contributed by atoms with van der Waals surface area (Å²) in [6, 6.07) is 12.7. The number of para-hydroxylation sites is 1. The monoisotopic (exact) mass is 474 g/mol. The summed E-state index contributed by atoms with van der Waals surface area (Å²) >= 11 is 0. The lowest BCUT2D eigenvalue weighted by molar-refractivity contribution is -0.126. The summed E-state index contributed by atoms with van der Waals surface area (Å²) in [6.45, 7) is 1.26. The molecule has 1 aliphatic carbocycles. The molecule has 1 aromatic carbocycles. The highest BCUT2D eigenvalue weighted by atomic mass is 16.5. The first-order valence-electron chi connectivity index (χ1n) is 12.3. The number of nitrogens with one attached hydrogen (secondary N) is 2. The van der Waals surface area contributed by atoms with Crippen LogP contribution in [0.15, 0.2) is 59.4 Å². The molecule has 2 aliphatic rings. The van der Waals surface area contributed by atoms with Crippen LogP contribution >= 0.6 is 0 Å². The molecule has 2 fully saturated rings. The van der Waals surface area contributed by atoms with Crippen molar-refractivity contribution in [1.29, 1.82) is 0 Å². The minimum Gasteiger partial charge on any atom is -0.356 e. The number of hydrogen-bond donors (Lipinski definition) is 2. The molecule has 182 valence electrons. The van der Waals surface area contributed by atoms with Gasteiger partial charge in [0.25, 0.3) is 0 Å². The van der Waals surface area contributed by atoms with E-state index < -0.39 is 0 Å². The molecule has 3 aromatic rings. The summed E-state index contributed by atoms with van der Waals surface area (Å²) in [5.74, 6) is 0.520. The number of amides is 3. The van der Waals surface area contributed by atoms with Crippen LogP contribution in [0.5, 0.6) is 0 Å². The highest BCUT2D eigenvalue weighted by molar-refractivity contribution is 5.90. The molecular weight excluding hydrogens is 444 g/mol. The van der Waals surface area contributed by atoms with E-state index in [9.17, 15) is 9.59 Å². The van der Waals surface area contributed by atoms with E-state index in [0.29, 0.717) is 37.6 Å². The molecule has 2 N–H and O–H groups in total. The predicted octanol–water partition coefficient (Wildman–Crippen LogP) is 4.22. The average molecular weight is 475 g/mol. The molecule has 0 radical (unpaired) electrons. The van der Waals surface area contributed by atoms with Gasteiger partial charge in [-0.15, -0.1) is 0 Å². The Labute approximate surface area is 204 Å². The van der Waals surface area contributed by atoms with E-state index in [4.69, 9.17) is 4.52 Å². The van der Waals surface area contributed by atoms with Gasteiger partial charge in [0, 0.05) is 48.7 Å². The number of anilines is 1. The first kappa shape index (κ1) is 23.0. The van der Waals surface area contributed by atoms with Gasteiger partial charge < -0.3 is 20.1 Å². The minimum absolute atomic E-state index is 0.0103. The van der Waals surface area contributed by atoms with Gasteiger partial charge in [-0.25, -0.2) is 4.79 Å². The summed E-state index contributed by atoms with van der Waals surface area (Å²) in [6.07, 6.45) is 8.43. The van der Waals surface area contributed by atoms with Crippen LogP contribution in [-0.4, -0.2) is 51.1 Å². The fourth-order valence-corrected chi connectivity index (χ4v) is 5.09. The van der Waals surface area contributed by atoms with E-state index in [1.54, 1.807) is 12.4 Å². The highest BCUT2D eigenvalue weighted by Gasteiger charge is 2.45. The first-order valence-corrected chi connectivity index (χ1v) is 12.3. The zero-order chi connectivity index (χ0) is 24.0. The van der Waals surface area contributed by atoms with Crippen LogP contribution in [0.1, 0.15) is 50.3 Å². The van der Waals surface area contributed by atoms with Crippen molar-refractivity contribution < 1.29 is 14.1 Å². The number of carbonyl (C=O) groups excluding carboxylic acids is 2. The van der Waals surface area contributed by atoms with Crippen LogP contribution in [-0.2, 0) is 4.79 Å². The maximum atomic E-state index is 13.4. The fourth-order valence-electron chi connectivity index (χ4n) is 5.09. The van der Waals surface area contributed by atoms with Gasteiger partial charge in [-0.05, 0) is 49.9 Å². The average Bonchev–Trinajstić information content (AvgIpc) is 3.54. The Balaban J connectivity index is 1.40. The van der Waals surface area contributed by atoms with Gasteiger partial charge in [0.1, 0.15) is 0 Å². The summed E-state index contributed by atoms with van der Waals surface area (Å²) in [4.78, 5) is 37.2. The van der Waals surface area contributed by atoms with Crippen molar-refractivity contribution in [2.45, 2.75) is 50.5 Å². The molecule has 1 saturated carbocycles. The van der Waals surface area contributed by atoms with Crippen LogP contribution < -0.4 is 10.6 Å². The van der Waals surface area contributed by atoms with Crippen molar-refractivity contribution in [3.63, 3.8) is 0 Å². The van der Waals surface area contributed by atoms with Gasteiger partial charge in [0.2, 0.25) is 17.6 Å². The van der Waals surface area contributed by atoms with E-state index in [1.165, 1.54) is 0 Å². The van der Waals surface area contributed by atoms with Gasteiger partial charge in [-0.1, -0.05) is 36.2 Å². The second kappa shape index (κ2) is 10.7. The predicted molar refractivity (Wildman–Crippen MR) is 130 cm³/mol. The number of urea groups is 1. The van der Waals surface area contributed by atoms with Gasteiger partial charge >= 0.3 is 6.03 Å². The molecule has 5 rings (SSSR count). The molecule has 0 spiro atoms. The maximum absolute atomic E-state index is 13.4. The lowest BCUT2D eigenvalue weighted by Crippen LogP contribution is -2.48. The number of aromatic nitrogens is 3. The third-order valence-corrected chi connectivity index (χ3v) is 6.89. The molecule has 3 amide bonds. The fraction of sp³-hybridized carbons (Fsp3) is 0.423. The Morgan fingerprint density at radius 2 is 1.91 bits per heavy atom. The summed E-state index contributed by atoms with van der Waals surface area (Å²) in [5.41, 5.74) is 1.51. The van der Waals surface area contributed by atoms with E-state index in [1.807, 2.05) is 47.4 Å². The van der Waals surface area contributed by atoms with Crippen molar-refractivity contribution in [3.05, 3.63) is 60.7 Å². The first-order chi connectivity index (χ1) is 17.2. The van der Waals surface area contributed by atoms with Crippen molar-refractivity contribution in [2.24, 2.45) is 5.92 Å². The van der Waals surface area contributed by atoms with Crippen molar-refractivity contribution in [1.82, 2.24) is 25.3 Å². The number of hydrogen-bond acceptors (Lipinski definition) is 6. The largest absolute Gasteiger partial charge is 0.356 e. The third-order valence-electron chi connectivity index (χ3n) is 6.89. The number of benzene rings is 1. The lowest BCUT2D eigenvalue weighted by atomic mass is 10.0. The Morgan fingerprint density at radius 3 is 2.74 bits per heavy atom. The summed E-state index contributed by atoms with van der Waals surface area (Å²) < 4.78 is 5.63. The molecule has 1 saturated heterocycles. The highest BCUT2D eigenvalue weighted by Crippen LogP contribution is 2.41. The summed E-state index contributed by atoms with van der Waals surface area (Å²) in [7, 11) is 0. The maximum Gasteiger partial charge on any atom is 0.322 e. The molecule has 1 aliphatic heterocycles. The van der Waals surface area contributed by atoms with Gasteiger partial charge in [0.05, 0.1) is 5.92 Å². The molecule has 35 heavy (non-hydrogen) atoms. The van der Waals surface area contributed by atoms with Crippen LogP contribution in [0.2, 0.25) is 0 Å². The van der Waals surface area contributed by atoms with E-state index in [-0.39, 0.29) is 29.8 Å². The molecule has 3 heterocycles. The number of pyridine rings is 1. The molecule has 9 heteroatoms. The quantitative estimate of drug-likeness (QED) is 0.588. The van der Waals surface area contributed by atoms with E-state index in [0.717, 1.165) is 36.9 Å². The van der Waals surface area contributed by atoms with Crippen molar-refractivity contribution in [2.75, 3.05) is 18.4 Å². The minimum atomic E-state index is -0.339. The third kappa shape index (κ3) is 5.34. The zero-order valence-corrected chi connectivity index (χ0v) is 19.6. The van der Waals surface area contributed by atoms with Gasteiger partial charge in [-0.3, -0.25) is 9.78 Å². The molecule has 9 nitrogen and oxygen atoms in total. The Morgan fingerprint density at radius 1 is 1.06 bits per heavy atom. The van der Waals surface area contributed by atoms with Crippen LogP contribution in [0.25, 0.3) is 11.4 Å². The topological polar surface area (TPSA) is 113 Å². The van der Waals surface area contributed by atoms with Gasteiger partial charge in [-0.2, -0.15) is 4.98 Å². The number of rotatable bonds is 3. The van der Waals surface area contributed by atoms with Crippen molar-refractivity contribution in [3.8, 4) is 11.4 Å². The standard InChI is InChI=1S/C26H30N6O3/c33-24-21-15-19(25-30-23(31-35-25)18-9-8-12-27-17-18)16-22(21)32(14-7-2-1-6-13-28-24)26(34)29-20-10-4-3-5-11-20/h3-5,8-12,17,19,21-22H,1-2,6-7,13-16H2,(H,28,33)(H,29,34)/t19-,21-,22+/m1/s1. The zero-order valence-electron chi connectivity index (χ0n) is 19.6. The van der Waals surface area contributed by atoms with Gasteiger partial charge in [0.15, 0.2) is 0 Å². The number of carbonyl (C=O) groups is 2. The Hall–Kier alpha value is -3.75. The normalized spacial score (nSPS) is 23.1. The van der Waals surface area contributed by atoms with E-state index >= 15 is 0 Å². The molecular formula is C26H30N6O3. The molecule has 0 bridgehead atoms. The molecule has 3 atom stereocenters. The Bertz CT molecular complexity index is 1140. The second-order valence-electron chi connectivity index (χ2n) is 9.23. The second-order valence-corrected chi connectivity index (χ2v) is 9.23. The van der Waals surface area contributed by atoms with Crippen molar-refractivity contribution >= 4 is 17.6 Å². The molecule has 0 unspecified atom stereocenters. The smallest absolute Gasteiger partial charge is 0.322 e. The number of fused-ring (bicyclic) bond motifs is 1. The Kier molecular flexibility index (Phi) is 7.02. The SMILES string of the molecule is O=C1NCCCCCCN(C(=O)Nc2ccccc2)[C@H]2C[C@H](c3nc(-c4cccnc4)no3)C[C@@H]12. The lowest BCUT2D eigenvalue weighted by Gasteiger charge is -2.32. The van der Waals surface area contributed by atoms with Crippen LogP contribution in [0.4, 0.5) is 10.5 Å².